The molecule has 0 aromatic rings. The lowest BCUT2D eigenvalue weighted by molar-refractivity contribution is -0.119. The van der Waals surface area contributed by atoms with E-state index >= 15 is 0 Å². The summed E-state index contributed by atoms with van der Waals surface area (Å²) < 4.78 is 10.9. The zero-order chi connectivity index (χ0) is 16.8. The van der Waals surface area contributed by atoms with Crippen LogP contribution in [0, 0.1) is 0 Å². The molecule has 23 heavy (non-hydrogen) atoms. The van der Waals surface area contributed by atoms with Crippen molar-refractivity contribution >= 4 is 11.9 Å². The van der Waals surface area contributed by atoms with E-state index in [1.54, 1.807) is 0 Å². The van der Waals surface area contributed by atoms with Crippen LogP contribution in [0.15, 0.2) is 4.99 Å². The van der Waals surface area contributed by atoms with Gasteiger partial charge in [-0.3, -0.25) is 4.79 Å². The summed E-state index contributed by atoms with van der Waals surface area (Å²) in [4.78, 5) is 15.9. The molecule has 1 amide bonds. The minimum atomic E-state index is -0.0230. The molecule has 1 saturated carbocycles. The van der Waals surface area contributed by atoms with Gasteiger partial charge in [0.25, 0.3) is 0 Å². The number of hydrogen-bond acceptors (Lipinski definition) is 4. The van der Waals surface area contributed by atoms with Crippen molar-refractivity contribution in [2.75, 3.05) is 46.1 Å². The number of hydrogen-bond donors (Lipinski definition) is 3. The Hall–Kier alpha value is -1.34. The Morgan fingerprint density at radius 3 is 2.48 bits per heavy atom. The molecule has 3 N–H and O–H groups in total. The summed E-state index contributed by atoms with van der Waals surface area (Å²) in [5.74, 6) is 0.617. The van der Waals surface area contributed by atoms with Crippen LogP contribution in [0.25, 0.3) is 0 Å². The van der Waals surface area contributed by atoms with Crippen LogP contribution < -0.4 is 16.0 Å². The maximum atomic E-state index is 11.6. The van der Waals surface area contributed by atoms with Gasteiger partial charge in [-0.15, -0.1) is 0 Å². The van der Waals surface area contributed by atoms with Gasteiger partial charge < -0.3 is 25.4 Å². The molecule has 1 aliphatic rings. The molecule has 0 atom stereocenters. The lowest BCUT2D eigenvalue weighted by Gasteiger charge is -2.11. The van der Waals surface area contributed by atoms with E-state index < -0.39 is 0 Å². The van der Waals surface area contributed by atoms with Crippen molar-refractivity contribution in [2.45, 2.75) is 45.6 Å². The van der Waals surface area contributed by atoms with Gasteiger partial charge in [0.05, 0.1) is 19.8 Å². The predicted molar refractivity (Wildman–Crippen MR) is 91.7 cm³/mol. The number of unbranched alkanes of at least 4 members (excludes halogenated alkanes) is 1. The number of carbonyl (C=O) groups excluding carboxylic acids is 1. The molecule has 134 valence electrons. The standard InChI is InChI=1S/C16H32N4O3/c1-3-5-9-22-11-12-23-10-8-18-16(17-4-2)19-13-15(21)20-14-6-7-14/h14H,3-13H2,1-2H3,(H,20,21)(H2,17,18,19). The van der Waals surface area contributed by atoms with Crippen LogP contribution in [0.3, 0.4) is 0 Å². The highest BCUT2D eigenvalue weighted by molar-refractivity contribution is 5.85. The zero-order valence-corrected chi connectivity index (χ0v) is 14.5. The molecule has 0 saturated heterocycles. The second-order valence-electron chi connectivity index (χ2n) is 5.54. The Labute approximate surface area is 139 Å². The number of nitrogens with zero attached hydrogens (tertiary/aromatic N) is 1. The maximum absolute atomic E-state index is 11.6. The minimum Gasteiger partial charge on any atom is -0.379 e. The first kappa shape index (κ1) is 19.7. The number of nitrogens with one attached hydrogen (secondary N) is 3. The molecule has 0 spiro atoms. The fraction of sp³-hybridized carbons (Fsp3) is 0.875. The number of carbonyl (C=O) groups is 1. The summed E-state index contributed by atoms with van der Waals surface area (Å²) in [5, 5.41) is 9.18. The van der Waals surface area contributed by atoms with Crippen LogP contribution in [-0.2, 0) is 14.3 Å². The number of amides is 1. The average molecular weight is 328 g/mol. The predicted octanol–water partition coefficient (Wildman–Crippen LogP) is 0.653. The Balaban J connectivity index is 2.03. The summed E-state index contributed by atoms with van der Waals surface area (Å²) in [5.41, 5.74) is 0. The van der Waals surface area contributed by atoms with Gasteiger partial charge in [0.15, 0.2) is 5.96 Å². The van der Waals surface area contributed by atoms with Crippen molar-refractivity contribution in [3.05, 3.63) is 0 Å². The number of aliphatic imine (C=N–C) groups is 1. The number of rotatable bonds is 13. The summed E-state index contributed by atoms with van der Waals surface area (Å²) in [6.07, 6.45) is 4.43. The van der Waals surface area contributed by atoms with E-state index in [0.717, 1.165) is 38.8 Å². The van der Waals surface area contributed by atoms with E-state index in [-0.39, 0.29) is 12.5 Å². The fourth-order valence-corrected chi connectivity index (χ4v) is 1.80. The van der Waals surface area contributed by atoms with Gasteiger partial charge in [-0.05, 0) is 26.2 Å². The van der Waals surface area contributed by atoms with E-state index in [1.807, 2.05) is 6.92 Å². The first-order chi connectivity index (χ1) is 11.3. The second-order valence-corrected chi connectivity index (χ2v) is 5.54. The van der Waals surface area contributed by atoms with E-state index in [4.69, 9.17) is 9.47 Å². The lowest BCUT2D eigenvalue weighted by Crippen LogP contribution is -2.40. The Morgan fingerprint density at radius 2 is 1.83 bits per heavy atom. The van der Waals surface area contributed by atoms with Gasteiger partial charge in [-0.2, -0.15) is 0 Å². The van der Waals surface area contributed by atoms with Crippen LogP contribution in [0.4, 0.5) is 0 Å². The Morgan fingerprint density at radius 1 is 1.09 bits per heavy atom. The number of guanidine groups is 1. The molecule has 7 heteroatoms. The van der Waals surface area contributed by atoms with Gasteiger partial charge in [-0.1, -0.05) is 13.3 Å². The molecule has 0 unspecified atom stereocenters. The number of ether oxygens (including phenoxy) is 2. The lowest BCUT2D eigenvalue weighted by atomic mass is 10.4. The highest BCUT2D eigenvalue weighted by Crippen LogP contribution is 2.18. The van der Waals surface area contributed by atoms with Crippen molar-refractivity contribution in [3.8, 4) is 0 Å². The molecular weight excluding hydrogens is 296 g/mol. The Kier molecular flexibility index (Phi) is 11.3. The molecule has 7 nitrogen and oxygen atoms in total. The molecular formula is C16H32N4O3. The quantitative estimate of drug-likeness (QED) is 0.263. The van der Waals surface area contributed by atoms with Crippen molar-refractivity contribution in [1.29, 1.82) is 0 Å². The van der Waals surface area contributed by atoms with Crippen molar-refractivity contribution in [1.82, 2.24) is 16.0 Å². The summed E-state index contributed by atoms with van der Waals surface area (Å²) in [6.45, 7) is 8.30. The maximum Gasteiger partial charge on any atom is 0.242 e. The van der Waals surface area contributed by atoms with Crippen LogP contribution in [0.2, 0.25) is 0 Å². The van der Waals surface area contributed by atoms with Crippen LogP contribution >= 0.6 is 0 Å². The monoisotopic (exact) mass is 328 g/mol. The van der Waals surface area contributed by atoms with Crippen LogP contribution in [0.5, 0.6) is 0 Å². The highest BCUT2D eigenvalue weighted by Gasteiger charge is 2.22. The SMILES string of the molecule is CCCCOCCOCCNC(=NCC(=O)NC1CC1)NCC. The molecule has 0 aromatic carbocycles. The topological polar surface area (TPSA) is 84.0 Å². The zero-order valence-electron chi connectivity index (χ0n) is 14.5. The van der Waals surface area contributed by atoms with Crippen LogP contribution in [0.1, 0.15) is 39.5 Å². The van der Waals surface area contributed by atoms with E-state index in [2.05, 4.69) is 27.9 Å². The molecule has 0 radical (unpaired) electrons. The highest BCUT2D eigenvalue weighted by atomic mass is 16.5. The second kappa shape index (κ2) is 13.1. The molecule has 0 aliphatic heterocycles. The van der Waals surface area contributed by atoms with E-state index in [0.29, 0.717) is 38.4 Å². The smallest absolute Gasteiger partial charge is 0.242 e. The first-order valence-corrected chi connectivity index (χ1v) is 8.73. The van der Waals surface area contributed by atoms with Crippen LogP contribution in [-0.4, -0.2) is 64.0 Å². The largest absolute Gasteiger partial charge is 0.379 e. The molecule has 0 heterocycles. The molecule has 0 aromatic heterocycles. The fourth-order valence-electron chi connectivity index (χ4n) is 1.80. The van der Waals surface area contributed by atoms with Crippen molar-refractivity contribution in [2.24, 2.45) is 4.99 Å². The van der Waals surface area contributed by atoms with Gasteiger partial charge >= 0.3 is 0 Å². The Bertz CT molecular complexity index is 346. The summed E-state index contributed by atoms with van der Waals surface area (Å²) in [6, 6.07) is 0.376. The third-order valence-corrected chi connectivity index (χ3v) is 3.22. The third-order valence-electron chi connectivity index (χ3n) is 3.22. The normalized spacial score (nSPS) is 14.6. The molecule has 1 fully saturated rings. The van der Waals surface area contributed by atoms with Crippen molar-refractivity contribution < 1.29 is 14.3 Å². The minimum absolute atomic E-state index is 0.0230. The van der Waals surface area contributed by atoms with E-state index in [9.17, 15) is 4.79 Å². The van der Waals surface area contributed by atoms with Crippen molar-refractivity contribution in [3.63, 3.8) is 0 Å². The average Bonchev–Trinajstić information content (AvgIpc) is 3.34. The molecule has 0 bridgehead atoms. The van der Waals surface area contributed by atoms with E-state index in [1.165, 1.54) is 0 Å². The summed E-state index contributed by atoms with van der Waals surface area (Å²) in [7, 11) is 0. The molecule has 1 aliphatic carbocycles. The molecule has 1 rings (SSSR count). The van der Waals surface area contributed by atoms with Gasteiger partial charge in [0.1, 0.15) is 6.54 Å². The van der Waals surface area contributed by atoms with Gasteiger partial charge in [0.2, 0.25) is 5.91 Å². The summed E-state index contributed by atoms with van der Waals surface area (Å²) >= 11 is 0. The van der Waals surface area contributed by atoms with Gasteiger partial charge in [0, 0.05) is 25.7 Å². The first-order valence-electron chi connectivity index (χ1n) is 8.73. The van der Waals surface area contributed by atoms with Gasteiger partial charge in [-0.25, -0.2) is 4.99 Å². The third kappa shape index (κ3) is 11.8.